The fourth-order valence-electron chi connectivity index (χ4n) is 2.40. The minimum atomic E-state index is -4.70. The van der Waals surface area contributed by atoms with Gasteiger partial charge in [0.2, 0.25) is 9.84 Å². The van der Waals surface area contributed by atoms with Crippen LogP contribution in [0.15, 0.2) is 29.2 Å². The number of carbonyl (C=O) groups excluding carboxylic acids is 1. The number of carbonyl (C=O) groups is 1. The summed E-state index contributed by atoms with van der Waals surface area (Å²) in [6, 6.07) is 4.40. The summed E-state index contributed by atoms with van der Waals surface area (Å²) in [7, 11) is -4.70. The number of alkyl halides is 2. The second-order valence-corrected chi connectivity index (χ2v) is 7.34. The molecular weight excluding hydrogens is 330 g/mol. The van der Waals surface area contributed by atoms with E-state index in [1.165, 1.54) is 17.0 Å². The van der Waals surface area contributed by atoms with Crippen LogP contribution in [-0.2, 0) is 14.6 Å². The third kappa shape index (κ3) is 4.17. The van der Waals surface area contributed by atoms with Gasteiger partial charge in [-0.25, -0.2) is 13.2 Å². The van der Waals surface area contributed by atoms with Crippen LogP contribution in [0.5, 0.6) is 0 Å². The van der Waals surface area contributed by atoms with Crippen molar-refractivity contribution in [2.45, 2.75) is 36.7 Å². The lowest BCUT2D eigenvalue weighted by atomic mass is 10.2. The first kappa shape index (κ1) is 17.6. The van der Waals surface area contributed by atoms with Gasteiger partial charge < -0.3 is 15.0 Å². The van der Waals surface area contributed by atoms with E-state index >= 15 is 0 Å². The minimum absolute atomic E-state index is 0.116. The van der Waals surface area contributed by atoms with Crippen molar-refractivity contribution in [1.29, 1.82) is 0 Å². The van der Waals surface area contributed by atoms with E-state index in [0.29, 0.717) is 13.1 Å². The van der Waals surface area contributed by atoms with E-state index in [9.17, 15) is 22.0 Å². The van der Waals surface area contributed by atoms with Gasteiger partial charge in [-0.15, -0.1) is 0 Å². The minimum Gasteiger partial charge on any atom is -0.372 e. The van der Waals surface area contributed by atoms with Gasteiger partial charge in [-0.2, -0.15) is 8.78 Å². The first-order valence-electron chi connectivity index (χ1n) is 7.03. The predicted octanol–water partition coefficient (Wildman–Crippen LogP) is 2.32. The summed E-state index contributed by atoms with van der Waals surface area (Å²) in [5.74, 6) is -3.51. The molecule has 1 saturated heterocycles. The Bertz CT molecular complexity index is 671. The molecule has 1 heterocycles. The Balaban J connectivity index is 2.13. The van der Waals surface area contributed by atoms with Crippen LogP contribution in [0.1, 0.15) is 13.8 Å². The fourth-order valence-corrected chi connectivity index (χ4v) is 3.17. The average Bonchev–Trinajstić information content (AvgIpc) is 2.46. The van der Waals surface area contributed by atoms with Crippen LogP contribution in [0.25, 0.3) is 0 Å². The van der Waals surface area contributed by atoms with Gasteiger partial charge in [0.05, 0.1) is 17.1 Å². The summed E-state index contributed by atoms with van der Waals surface area (Å²) < 4.78 is 53.6. The van der Waals surface area contributed by atoms with Crippen LogP contribution in [0, 0.1) is 0 Å². The van der Waals surface area contributed by atoms with Gasteiger partial charge in [0, 0.05) is 18.8 Å². The highest BCUT2D eigenvalue weighted by atomic mass is 32.2. The first-order valence-corrected chi connectivity index (χ1v) is 8.58. The number of hydrogen-bond donors (Lipinski definition) is 1. The van der Waals surface area contributed by atoms with E-state index in [-0.39, 0.29) is 17.9 Å². The number of benzene rings is 1. The number of urea groups is 1. The van der Waals surface area contributed by atoms with E-state index < -0.39 is 26.5 Å². The highest BCUT2D eigenvalue weighted by molar-refractivity contribution is 7.91. The van der Waals surface area contributed by atoms with Crippen molar-refractivity contribution >= 4 is 21.6 Å². The molecule has 0 aliphatic carbocycles. The van der Waals surface area contributed by atoms with Crippen molar-refractivity contribution in [1.82, 2.24) is 4.90 Å². The first-order chi connectivity index (χ1) is 10.7. The zero-order chi connectivity index (χ0) is 17.2. The van der Waals surface area contributed by atoms with Gasteiger partial charge in [-0.1, -0.05) is 6.07 Å². The highest BCUT2D eigenvalue weighted by Gasteiger charge is 2.28. The number of hydrogen-bond acceptors (Lipinski definition) is 4. The fraction of sp³-hybridized carbons (Fsp3) is 0.500. The Labute approximate surface area is 133 Å². The van der Waals surface area contributed by atoms with Crippen LogP contribution in [0.2, 0.25) is 0 Å². The summed E-state index contributed by atoms with van der Waals surface area (Å²) in [4.78, 5) is 13.2. The van der Waals surface area contributed by atoms with E-state index in [0.717, 1.165) is 12.1 Å². The topological polar surface area (TPSA) is 75.7 Å². The molecule has 1 aromatic rings. The predicted molar refractivity (Wildman–Crippen MR) is 80.2 cm³/mol. The highest BCUT2D eigenvalue weighted by Crippen LogP contribution is 2.22. The van der Waals surface area contributed by atoms with E-state index in [1.807, 2.05) is 13.8 Å². The van der Waals surface area contributed by atoms with Crippen molar-refractivity contribution in [3.8, 4) is 0 Å². The number of halogens is 2. The third-order valence-corrected chi connectivity index (χ3v) is 4.74. The van der Waals surface area contributed by atoms with Crippen LogP contribution >= 0.6 is 0 Å². The summed E-state index contributed by atoms with van der Waals surface area (Å²) in [6.07, 6.45) is -0.231. The molecular formula is C14H18F2N2O4S. The smallest absolute Gasteiger partial charge is 0.341 e. The van der Waals surface area contributed by atoms with E-state index in [2.05, 4.69) is 5.32 Å². The SMILES string of the molecule is C[C@H]1CN(C(=O)Nc2cccc(S(=O)(=O)C(F)F)c2)C[C@H](C)O1. The molecule has 1 fully saturated rings. The largest absolute Gasteiger partial charge is 0.372 e. The quantitative estimate of drug-likeness (QED) is 0.910. The molecule has 9 heteroatoms. The van der Waals surface area contributed by atoms with Crippen LogP contribution in [0.3, 0.4) is 0 Å². The number of nitrogens with zero attached hydrogens (tertiary/aromatic N) is 1. The molecule has 1 aliphatic heterocycles. The Hall–Kier alpha value is -1.74. The standard InChI is InChI=1S/C14H18F2N2O4S/c1-9-7-18(8-10(2)22-9)14(19)17-11-4-3-5-12(6-11)23(20,21)13(15)16/h3-6,9-10,13H,7-8H2,1-2H3,(H,17,19)/t9-,10-/m0/s1. The van der Waals surface area contributed by atoms with Gasteiger partial charge in [0.15, 0.2) is 0 Å². The van der Waals surface area contributed by atoms with Crippen LogP contribution in [-0.4, -0.2) is 50.4 Å². The monoisotopic (exact) mass is 348 g/mol. The average molecular weight is 348 g/mol. The number of nitrogens with one attached hydrogen (secondary N) is 1. The molecule has 128 valence electrons. The maximum atomic E-state index is 12.6. The van der Waals surface area contributed by atoms with E-state index in [4.69, 9.17) is 4.74 Å². The number of amides is 2. The van der Waals surface area contributed by atoms with Crippen molar-refractivity contribution in [2.75, 3.05) is 18.4 Å². The Kier molecular flexibility index (Phi) is 5.20. The molecule has 1 aromatic carbocycles. The molecule has 23 heavy (non-hydrogen) atoms. The van der Waals surface area contributed by atoms with Crippen molar-refractivity contribution in [2.24, 2.45) is 0 Å². The zero-order valence-corrected chi connectivity index (χ0v) is 13.5. The molecule has 6 nitrogen and oxygen atoms in total. The molecule has 2 atom stereocenters. The molecule has 0 spiro atoms. The van der Waals surface area contributed by atoms with Gasteiger partial charge in [0.25, 0.3) is 0 Å². The number of morpholine rings is 1. The van der Waals surface area contributed by atoms with Crippen LogP contribution in [0.4, 0.5) is 19.3 Å². The normalized spacial score (nSPS) is 22.2. The van der Waals surface area contributed by atoms with Crippen molar-refractivity contribution in [3.63, 3.8) is 0 Å². The summed E-state index contributed by atoms with van der Waals surface area (Å²) >= 11 is 0. The summed E-state index contributed by atoms with van der Waals surface area (Å²) in [5.41, 5.74) is 0.142. The van der Waals surface area contributed by atoms with Gasteiger partial charge in [-0.05, 0) is 32.0 Å². The van der Waals surface area contributed by atoms with Crippen molar-refractivity contribution in [3.05, 3.63) is 24.3 Å². The van der Waals surface area contributed by atoms with Gasteiger partial charge in [-0.3, -0.25) is 0 Å². The Morgan fingerprint density at radius 3 is 2.48 bits per heavy atom. The maximum Gasteiger partial charge on any atom is 0.341 e. The lowest BCUT2D eigenvalue weighted by molar-refractivity contribution is -0.0530. The van der Waals surface area contributed by atoms with E-state index in [1.54, 1.807) is 0 Å². The molecule has 0 radical (unpaired) electrons. The summed E-state index contributed by atoms with van der Waals surface area (Å²) in [6.45, 7) is 4.47. The third-order valence-electron chi connectivity index (χ3n) is 3.36. The maximum absolute atomic E-state index is 12.6. The molecule has 1 N–H and O–H groups in total. The lowest BCUT2D eigenvalue weighted by Gasteiger charge is -2.35. The second-order valence-electron chi connectivity index (χ2n) is 5.43. The Morgan fingerprint density at radius 2 is 1.91 bits per heavy atom. The zero-order valence-electron chi connectivity index (χ0n) is 12.7. The number of anilines is 1. The summed E-state index contributed by atoms with van der Waals surface area (Å²) in [5, 5.41) is 2.53. The molecule has 0 aromatic heterocycles. The van der Waals surface area contributed by atoms with Crippen LogP contribution < -0.4 is 5.32 Å². The molecule has 0 saturated carbocycles. The lowest BCUT2D eigenvalue weighted by Crippen LogP contribution is -2.49. The number of rotatable bonds is 3. The number of ether oxygens (including phenoxy) is 1. The molecule has 1 aliphatic rings. The molecule has 2 rings (SSSR count). The molecule has 2 amide bonds. The number of sulfone groups is 1. The molecule has 0 unspecified atom stereocenters. The second kappa shape index (κ2) is 6.79. The van der Waals surface area contributed by atoms with Gasteiger partial charge >= 0.3 is 11.8 Å². The van der Waals surface area contributed by atoms with Crippen molar-refractivity contribution < 1.29 is 26.7 Å². The van der Waals surface area contributed by atoms with Gasteiger partial charge in [0.1, 0.15) is 0 Å². The molecule has 0 bridgehead atoms. The Morgan fingerprint density at radius 1 is 1.30 bits per heavy atom.